The summed E-state index contributed by atoms with van der Waals surface area (Å²) >= 11 is 1.32. The van der Waals surface area contributed by atoms with Crippen LogP contribution in [0.15, 0.2) is 12.1 Å². The van der Waals surface area contributed by atoms with Crippen molar-refractivity contribution >= 4 is 33.2 Å². The van der Waals surface area contributed by atoms with E-state index in [4.69, 9.17) is 10.00 Å². The van der Waals surface area contributed by atoms with E-state index in [1.807, 2.05) is 0 Å². The van der Waals surface area contributed by atoms with Crippen LogP contribution >= 0.6 is 11.3 Å². The maximum atomic E-state index is 11.8. The van der Waals surface area contributed by atoms with E-state index in [-0.39, 0.29) is 17.9 Å². The van der Waals surface area contributed by atoms with Crippen LogP contribution in [0.25, 0.3) is 10.2 Å². The minimum atomic E-state index is -1.34. The number of aryl methyl sites for hydroxylation is 1. The lowest BCUT2D eigenvalue weighted by atomic mass is 9.98. The van der Waals surface area contributed by atoms with Crippen molar-refractivity contribution in [2.24, 2.45) is 0 Å². The van der Waals surface area contributed by atoms with Crippen molar-refractivity contribution in [1.29, 1.82) is 5.26 Å². The normalized spacial score (nSPS) is 11.9. The first-order valence-electron chi connectivity index (χ1n) is 6.09. The first-order valence-corrected chi connectivity index (χ1v) is 6.91. The van der Waals surface area contributed by atoms with Crippen LogP contribution in [-0.2, 0) is 9.53 Å². The van der Waals surface area contributed by atoms with Gasteiger partial charge in [0, 0.05) is 6.07 Å². The minimum absolute atomic E-state index is 0.0127. The van der Waals surface area contributed by atoms with E-state index >= 15 is 0 Å². The average molecular weight is 305 g/mol. The van der Waals surface area contributed by atoms with Gasteiger partial charge in [0.25, 0.3) is 5.69 Å². The van der Waals surface area contributed by atoms with Gasteiger partial charge in [0.2, 0.25) is 0 Å². The molecule has 2 aromatic rings. The van der Waals surface area contributed by atoms with Crippen LogP contribution in [0.4, 0.5) is 5.69 Å². The van der Waals surface area contributed by atoms with E-state index in [9.17, 15) is 14.9 Å². The molecule has 0 aliphatic carbocycles. The number of nitro benzene ring substituents is 1. The first-order chi connectivity index (χ1) is 9.97. The molecule has 1 heterocycles. The van der Waals surface area contributed by atoms with Crippen molar-refractivity contribution in [1.82, 2.24) is 4.98 Å². The number of aromatic nitrogens is 1. The number of carbonyl (C=O) groups excluding carboxylic acids is 1. The molecule has 0 fully saturated rings. The summed E-state index contributed by atoms with van der Waals surface area (Å²) in [6.07, 6.45) is 0. The Labute approximate surface area is 123 Å². The molecule has 0 bridgehead atoms. The molecule has 0 aliphatic heterocycles. The van der Waals surface area contributed by atoms with E-state index in [0.717, 1.165) is 5.01 Å². The lowest BCUT2D eigenvalue weighted by molar-refractivity contribution is -0.385. The predicted octanol–water partition coefficient (Wildman–Crippen LogP) is 2.68. The molecule has 0 saturated heterocycles. The molecule has 0 radical (unpaired) electrons. The second kappa shape index (κ2) is 5.85. The number of rotatable bonds is 4. The number of nitriles is 1. The SMILES string of the molecule is CCOC(=O)C(C#N)c1cc2nc(C)sc2cc1[N+](=O)[O-]. The van der Waals surface area contributed by atoms with E-state index in [0.29, 0.717) is 10.2 Å². The zero-order chi connectivity index (χ0) is 15.6. The van der Waals surface area contributed by atoms with Gasteiger partial charge in [0.05, 0.1) is 38.4 Å². The smallest absolute Gasteiger partial charge is 0.328 e. The van der Waals surface area contributed by atoms with E-state index in [1.165, 1.54) is 23.5 Å². The molecule has 1 atom stereocenters. The lowest BCUT2D eigenvalue weighted by Crippen LogP contribution is -2.15. The summed E-state index contributed by atoms with van der Waals surface area (Å²) in [4.78, 5) is 26.6. The summed E-state index contributed by atoms with van der Waals surface area (Å²) in [5.41, 5.74) is 0.271. The number of nitrogens with zero attached hydrogens (tertiary/aromatic N) is 3. The molecule has 7 nitrogen and oxygen atoms in total. The summed E-state index contributed by atoms with van der Waals surface area (Å²) in [5.74, 6) is -2.13. The Bertz CT molecular complexity index is 763. The van der Waals surface area contributed by atoms with Gasteiger partial charge < -0.3 is 4.74 Å². The minimum Gasteiger partial charge on any atom is -0.465 e. The van der Waals surface area contributed by atoms with Crippen LogP contribution in [0.3, 0.4) is 0 Å². The van der Waals surface area contributed by atoms with Crippen LogP contribution in [0, 0.1) is 28.4 Å². The fraction of sp³-hybridized carbons (Fsp3) is 0.308. The molecule has 21 heavy (non-hydrogen) atoms. The third-order valence-electron chi connectivity index (χ3n) is 2.80. The standard InChI is InChI=1S/C13H11N3O4S/c1-3-20-13(17)9(6-14)8-4-10-12(21-7(2)15-10)5-11(8)16(18)19/h4-5,9H,3H2,1-2H3. The highest BCUT2D eigenvalue weighted by Crippen LogP contribution is 2.34. The van der Waals surface area contributed by atoms with Crippen molar-refractivity contribution in [2.75, 3.05) is 6.61 Å². The summed E-state index contributed by atoms with van der Waals surface area (Å²) in [7, 11) is 0. The number of carbonyl (C=O) groups is 1. The molecule has 108 valence electrons. The Morgan fingerprint density at radius 1 is 1.62 bits per heavy atom. The maximum Gasteiger partial charge on any atom is 0.328 e. The monoisotopic (exact) mass is 305 g/mol. The zero-order valence-corrected chi connectivity index (χ0v) is 12.1. The molecule has 8 heteroatoms. The van der Waals surface area contributed by atoms with E-state index < -0.39 is 16.8 Å². The lowest BCUT2D eigenvalue weighted by Gasteiger charge is -2.09. The molecule has 0 N–H and O–H groups in total. The van der Waals surface area contributed by atoms with Gasteiger partial charge >= 0.3 is 5.97 Å². The number of nitro groups is 1. The highest BCUT2D eigenvalue weighted by atomic mass is 32.1. The fourth-order valence-corrected chi connectivity index (χ4v) is 2.80. The van der Waals surface area contributed by atoms with Crippen LogP contribution in [0.2, 0.25) is 0 Å². The molecule has 0 aliphatic rings. The second-order valence-corrected chi connectivity index (χ2v) is 5.42. The number of thiazole rings is 1. The molecule has 0 saturated carbocycles. The van der Waals surface area contributed by atoms with Gasteiger partial charge in [-0.15, -0.1) is 11.3 Å². The van der Waals surface area contributed by atoms with Crippen molar-refractivity contribution in [3.05, 3.63) is 32.8 Å². The molecular formula is C13H11N3O4S. The molecular weight excluding hydrogens is 294 g/mol. The van der Waals surface area contributed by atoms with Crippen LogP contribution < -0.4 is 0 Å². The van der Waals surface area contributed by atoms with Crippen molar-refractivity contribution in [3.63, 3.8) is 0 Å². The molecule has 1 unspecified atom stereocenters. The third-order valence-corrected chi connectivity index (χ3v) is 3.74. The van der Waals surface area contributed by atoms with Crippen molar-refractivity contribution in [3.8, 4) is 6.07 Å². The Balaban J connectivity index is 2.64. The Morgan fingerprint density at radius 3 is 2.90 bits per heavy atom. The number of benzene rings is 1. The van der Waals surface area contributed by atoms with Gasteiger partial charge in [0.15, 0.2) is 5.92 Å². The van der Waals surface area contributed by atoms with Crippen molar-refractivity contribution in [2.45, 2.75) is 19.8 Å². The summed E-state index contributed by atoms with van der Waals surface area (Å²) in [6.45, 7) is 3.49. The van der Waals surface area contributed by atoms with Gasteiger partial charge in [-0.3, -0.25) is 14.9 Å². The summed E-state index contributed by atoms with van der Waals surface area (Å²) in [5, 5.41) is 21.1. The van der Waals surface area contributed by atoms with Gasteiger partial charge in [-0.2, -0.15) is 5.26 Å². The molecule has 2 rings (SSSR count). The quantitative estimate of drug-likeness (QED) is 0.488. The first kappa shape index (κ1) is 14.9. The summed E-state index contributed by atoms with van der Waals surface area (Å²) < 4.78 is 5.44. The number of fused-ring (bicyclic) bond motifs is 1. The van der Waals surface area contributed by atoms with Gasteiger partial charge in [-0.25, -0.2) is 4.98 Å². The Morgan fingerprint density at radius 2 is 2.33 bits per heavy atom. The van der Waals surface area contributed by atoms with Crippen LogP contribution in [-0.4, -0.2) is 22.5 Å². The largest absolute Gasteiger partial charge is 0.465 e. The number of esters is 1. The van der Waals surface area contributed by atoms with Crippen LogP contribution in [0.1, 0.15) is 23.4 Å². The molecule has 1 aromatic carbocycles. The van der Waals surface area contributed by atoms with E-state index in [1.54, 1.807) is 19.9 Å². The van der Waals surface area contributed by atoms with Gasteiger partial charge in [0.1, 0.15) is 0 Å². The number of hydrogen-bond donors (Lipinski definition) is 0. The second-order valence-electron chi connectivity index (χ2n) is 4.18. The number of hydrogen-bond acceptors (Lipinski definition) is 7. The average Bonchev–Trinajstić information content (AvgIpc) is 2.78. The Hall–Kier alpha value is -2.53. The van der Waals surface area contributed by atoms with Gasteiger partial charge in [-0.1, -0.05) is 0 Å². The Kier molecular flexibility index (Phi) is 4.14. The summed E-state index contributed by atoms with van der Waals surface area (Å²) in [6, 6.07) is 4.53. The van der Waals surface area contributed by atoms with Crippen LogP contribution in [0.5, 0.6) is 0 Å². The predicted molar refractivity (Wildman–Crippen MR) is 76.0 cm³/mol. The highest BCUT2D eigenvalue weighted by Gasteiger charge is 2.30. The molecule has 0 spiro atoms. The topological polar surface area (TPSA) is 106 Å². The zero-order valence-electron chi connectivity index (χ0n) is 11.3. The third kappa shape index (κ3) is 2.83. The molecule has 1 aromatic heterocycles. The molecule has 0 amide bonds. The van der Waals surface area contributed by atoms with Gasteiger partial charge in [-0.05, 0) is 19.9 Å². The van der Waals surface area contributed by atoms with Crippen molar-refractivity contribution < 1.29 is 14.5 Å². The maximum absolute atomic E-state index is 11.8. The fourth-order valence-electron chi connectivity index (χ4n) is 1.96. The number of ether oxygens (including phenoxy) is 1. The highest BCUT2D eigenvalue weighted by molar-refractivity contribution is 7.18. The van der Waals surface area contributed by atoms with E-state index in [2.05, 4.69) is 4.98 Å².